The van der Waals surface area contributed by atoms with E-state index in [1.807, 2.05) is 0 Å². The Morgan fingerprint density at radius 1 is 1.35 bits per heavy atom. The fraction of sp³-hybridized carbons (Fsp3) is 0.286. The van der Waals surface area contributed by atoms with Crippen molar-refractivity contribution in [1.29, 1.82) is 0 Å². The average Bonchev–Trinajstić information content (AvgIpc) is 2.64. The molecule has 1 aromatic carbocycles. The molecule has 4 nitrogen and oxygen atoms in total. The van der Waals surface area contributed by atoms with Crippen LogP contribution in [-0.4, -0.2) is 29.2 Å². The zero-order chi connectivity index (χ0) is 14.9. The molecular formula is C14H14ClNO3S. The van der Waals surface area contributed by atoms with Crippen LogP contribution in [0.15, 0.2) is 23.1 Å². The summed E-state index contributed by atoms with van der Waals surface area (Å²) in [7, 11) is 1.54. The number of thioether (sulfide) groups is 1. The molecule has 0 bridgehead atoms. The highest BCUT2D eigenvalue weighted by molar-refractivity contribution is 8.18. The number of hydrogen-bond donors (Lipinski definition) is 0. The quantitative estimate of drug-likeness (QED) is 0.797. The second-order valence-corrected chi connectivity index (χ2v) is 5.96. The second-order valence-electron chi connectivity index (χ2n) is 4.53. The van der Waals surface area contributed by atoms with Crippen molar-refractivity contribution in [2.24, 2.45) is 0 Å². The highest BCUT2D eigenvalue weighted by atomic mass is 35.5. The summed E-state index contributed by atoms with van der Waals surface area (Å²) in [6.07, 6.45) is 1.64. The number of amides is 2. The molecule has 1 fully saturated rings. The minimum atomic E-state index is -0.281. The highest BCUT2D eigenvalue weighted by Crippen LogP contribution is 2.35. The zero-order valence-corrected chi connectivity index (χ0v) is 12.9. The van der Waals surface area contributed by atoms with Crippen molar-refractivity contribution >= 4 is 40.6 Å². The summed E-state index contributed by atoms with van der Waals surface area (Å²) < 4.78 is 5.22. The van der Waals surface area contributed by atoms with E-state index < -0.39 is 0 Å². The Labute approximate surface area is 126 Å². The van der Waals surface area contributed by atoms with Crippen LogP contribution in [0.2, 0.25) is 5.02 Å². The minimum absolute atomic E-state index is 0.158. The minimum Gasteiger partial charge on any atom is -0.496 e. The van der Waals surface area contributed by atoms with E-state index in [4.69, 9.17) is 16.3 Å². The van der Waals surface area contributed by atoms with Gasteiger partial charge in [0.2, 0.25) is 0 Å². The van der Waals surface area contributed by atoms with Crippen molar-refractivity contribution in [3.8, 4) is 5.75 Å². The molecule has 6 heteroatoms. The summed E-state index contributed by atoms with van der Waals surface area (Å²) in [6.45, 7) is 3.61. The number of nitrogens with zero attached hydrogens (tertiary/aromatic N) is 1. The van der Waals surface area contributed by atoms with Gasteiger partial charge in [-0.3, -0.25) is 14.5 Å². The molecule has 2 rings (SSSR count). The molecule has 20 heavy (non-hydrogen) atoms. The molecule has 1 aliphatic heterocycles. The lowest BCUT2D eigenvalue weighted by Gasteiger charge is -2.16. The van der Waals surface area contributed by atoms with Crippen molar-refractivity contribution in [2.45, 2.75) is 19.9 Å². The molecule has 0 radical (unpaired) electrons. The first-order valence-electron chi connectivity index (χ1n) is 6.04. The van der Waals surface area contributed by atoms with Crippen molar-refractivity contribution in [1.82, 2.24) is 4.90 Å². The number of methoxy groups -OCH3 is 1. The second kappa shape index (κ2) is 5.89. The average molecular weight is 312 g/mol. The van der Waals surface area contributed by atoms with Crippen LogP contribution in [0.5, 0.6) is 5.75 Å². The summed E-state index contributed by atoms with van der Waals surface area (Å²) in [5.74, 6) is 0.322. The van der Waals surface area contributed by atoms with Gasteiger partial charge in [-0.05, 0) is 49.9 Å². The Kier molecular flexibility index (Phi) is 4.40. The summed E-state index contributed by atoms with van der Waals surface area (Å²) in [4.78, 5) is 25.6. The summed E-state index contributed by atoms with van der Waals surface area (Å²) in [5, 5.41) is 0.289. The van der Waals surface area contributed by atoms with Crippen molar-refractivity contribution in [3.63, 3.8) is 0 Å². The molecule has 0 N–H and O–H groups in total. The Balaban J connectivity index is 2.40. The van der Waals surface area contributed by atoms with Gasteiger partial charge in [0, 0.05) is 16.6 Å². The monoisotopic (exact) mass is 311 g/mol. The van der Waals surface area contributed by atoms with Crippen LogP contribution in [0.25, 0.3) is 6.08 Å². The lowest BCUT2D eigenvalue weighted by Crippen LogP contribution is -2.34. The number of benzene rings is 1. The van der Waals surface area contributed by atoms with E-state index in [2.05, 4.69) is 0 Å². The maximum atomic E-state index is 12.2. The summed E-state index contributed by atoms with van der Waals surface area (Å²) >= 11 is 6.88. The third kappa shape index (κ3) is 2.83. The maximum absolute atomic E-state index is 12.2. The molecule has 0 saturated carbocycles. The first kappa shape index (κ1) is 14.9. The lowest BCUT2D eigenvalue weighted by molar-refractivity contribution is -0.123. The summed E-state index contributed by atoms with van der Waals surface area (Å²) in [6, 6.07) is 4.97. The van der Waals surface area contributed by atoms with Crippen LogP contribution in [0, 0.1) is 0 Å². The summed E-state index contributed by atoms with van der Waals surface area (Å²) in [5.41, 5.74) is 0.675. The van der Waals surface area contributed by atoms with Crippen LogP contribution in [0.4, 0.5) is 4.79 Å². The maximum Gasteiger partial charge on any atom is 0.293 e. The Morgan fingerprint density at radius 2 is 2.05 bits per heavy atom. The van der Waals surface area contributed by atoms with Crippen LogP contribution in [-0.2, 0) is 4.79 Å². The number of ether oxygens (including phenoxy) is 1. The molecule has 1 aliphatic rings. The number of carbonyl (C=O) groups excluding carboxylic acids is 2. The van der Waals surface area contributed by atoms with Crippen LogP contribution < -0.4 is 4.74 Å². The van der Waals surface area contributed by atoms with Crippen LogP contribution >= 0.6 is 23.4 Å². The molecule has 0 aromatic heterocycles. The molecule has 2 amide bonds. The van der Waals surface area contributed by atoms with Gasteiger partial charge in [-0.25, -0.2) is 0 Å². The number of rotatable bonds is 3. The van der Waals surface area contributed by atoms with E-state index >= 15 is 0 Å². The molecule has 0 atom stereocenters. The van der Waals surface area contributed by atoms with Gasteiger partial charge in [0.15, 0.2) is 0 Å². The molecule has 106 valence electrons. The van der Waals surface area contributed by atoms with E-state index in [-0.39, 0.29) is 17.2 Å². The Morgan fingerprint density at radius 3 is 2.60 bits per heavy atom. The standard InChI is InChI=1S/C14H14ClNO3S/c1-8(2)16-13(17)12(20-14(16)18)7-9-6-10(15)4-5-11(9)19-3/h4-8H,1-3H3/b12-7-. The smallest absolute Gasteiger partial charge is 0.293 e. The first-order valence-corrected chi connectivity index (χ1v) is 7.24. The van der Waals surface area contributed by atoms with Gasteiger partial charge in [0.1, 0.15) is 5.75 Å². The van der Waals surface area contributed by atoms with Gasteiger partial charge in [-0.2, -0.15) is 0 Å². The van der Waals surface area contributed by atoms with Crippen molar-refractivity contribution in [2.75, 3.05) is 7.11 Å². The lowest BCUT2D eigenvalue weighted by atomic mass is 10.2. The normalized spacial score (nSPS) is 17.4. The number of hydrogen-bond acceptors (Lipinski definition) is 4. The predicted molar refractivity (Wildman–Crippen MR) is 81.0 cm³/mol. The fourth-order valence-corrected chi connectivity index (χ4v) is 3.02. The highest BCUT2D eigenvalue weighted by Gasteiger charge is 2.36. The molecule has 0 aliphatic carbocycles. The van der Waals surface area contributed by atoms with E-state index in [0.29, 0.717) is 21.2 Å². The van der Waals surface area contributed by atoms with E-state index in [1.54, 1.807) is 45.2 Å². The molecule has 0 unspecified atom stereocenters. The van der Waals surface area contributed by atoms with Gasteiger partial charge in [0.05, 0.1) is 12.0 Å². The van der Waals surface area contributed by atoms with Gasteiger partial charge in [-0.15, -0.1) is 0 Å². The molecule has 1 saturated heterocycles. The SMILES string of the molecule is COc1ccc(Cl)cc1/C=C1\SC(=O)N(C(C)C)C1=O. The van der Waals surface area contributed by atoms with Gasteiger partial charge < -0.3 is 4.74 Å². The van der Waals surface area contributed by atoms with Gasteiger partial charge in [-0.1, -0.05) is 11.6 Å². The largest absolute Gasteiger partial charge is 0.496 e. The molecule has 1 heterocycles. The predicted octanol–water partition coefficient (Wildman–Crippen LogP) is 3.79. The van der Waals surface area contributed by atoms with Crippen molar-refractivity contribution < 1.29 is 14.3 Å². The van der Waals surface area contributed by atoms with E-state index in [1.165, 1.54) is 4.90 Å². The number of imide groups is 1. The Hall–Kier alpha value is -1.46. The molecular weight excluding hydrogens is 298 g/mol. The number of carbonyl (C=O) groups is 2. The molecule has 1 aromatic rings. The fourth-order valence-electron chi connectivity index (χ4n) is 1.88. The van der Waals surface area contributed by atoms with Crippen LogP contribution in [0.3, 0.4) is 0 Å². The first-order chi connectivity index (χ1) is 9.43. The van der Waals surface area contributed by atoms with Gasteiger partial charge in [0.25, 0.3) is 11.1 Å². The third-order valence-electron chi connectivity index (χ3n) is 2.82. The zero-order valence-electron chi connectivity index (χ0n) is 11.3. The topological polar surface area (TPSA) is 46.6 Å². The van der Waals surface area contributed by atoms with E-state index in [9.17, 15) is 9.59 Å². The van der Waals surface area contributed by atoms with Crippen molar-refractivity contribution in [3.05, 3.63) is 33.7 Å². The molecule has 0 spiro atoms. The van der Waals surface area contributed by atoms with Gasteiger partial charge >= 0.3 is 0 Å². The number of halogens is 1. The Bertz CT molecular complexity index is 598. The van der Waals surface area contributed by atoms with E-state index in [0.717, 1.165) is 11.8 Å². The van der Waals surface area contributed by atoms with Crippen LogP contribution in [0.1, 0.15) is 19.4 Å². The third-order valence-corrected chi connectivity index (χ3v) is 3.94.